The minimum Gasteiger partial charge on any atom is -0.483 e. The van der Waals surface area contributed by atoms with E-state index in [2.05, 4.69) is 45.6 Å². The number of hydrogen-bond donors (Lipinski definition) is 2. The molecule has 29 heavy (non-hydrogen) atoms. The summed E-state index contributed by atoms with van der Waals surface area (Å²) >= 11 is 3.52. The summed E-state index contributed by atoms with van der Waals surface area (Å²) in [5, 5.41) is 6.37. The van der Waals surface area contributed by atoms with Crippen molar-refractivity contribution in [1.82, 2.24) is 5.32 Å². The quantitative estimate of drug-likeness (QED) is 0.465. The van der Waals surface area contributed by atoms with E-state index in [-0.39, 0.29) is 18.6 Å². The van der Waals surface area contributed by atoms with Gasteiger partial charge >= 0.3 is 0 Å². The molecule has 0 unspecified atom stereocenters. The van der Waals surface area contributed by atoms with Crippen molar-refractivity contribution in [1.29, 1.82) is 0 Å². The van der Waals surface area contributed by atoms with Gasteiger partial charge in [-0.3, -0.25) is 4.79 Å². The highest BCUT2D eigenvalue weighted by molar-refractivity contribution is 9.10. The molecule has 0 aromatic heterocycles. The van der Waals surface area contributed by atoms with E-state index in [1.807, 2.05) is 67.6 Å². The summed E-state index contributed by atoms with van der Waals surface area (Å²) in [6, 6.07) is 24.0. The van der Waals surface area contributed by atoms with Gasteiger partial charge in [0, 0.05) is 28.3 Å². The molecule has 0 fully saturated rings. The van der Waals surface area contributed by atoms with Crippen molar-refractivity contribution in [3.8, 4) is 5.75 Å². The van der Waals surface area contributed by atoms with E-state index in [0.717, 1.165) is 21.3 Å². The zero-order valence-electron chi connectivity index (χ0n) is 16.6. The molecule has 0 bridgehead atoms. The second-order valence-electron chi connectivity index (χ2n) is 6.97. The number of anilines is 1. The van der Waals surface area contributed by atoms with Gasteiger partial charge in [-0.1, -0.05) is 64.0 Å². The summed E-state index contributed by atoms with van der Waals surface area (Å²) in [6.07, 6.45) is 0. The number of carbonyl (C=O) groups is 1. The van der Waals surface area contributed by atoms with Crippen molar-refractivity contribution in [2.75, 3.05) is 11.9 Å². The maximum atomic E-state index is 12.2. The Labute approximate surface area is 180 Å². The molecule has 0 aliphatic heterocycles. The Balaban J connectivity index is 1.59. The normalized spacial score (nSPS) is 11.7. The molecule has 0 saturated carbocycles. The smallest absolute Gasteiger partial charge is 0.262 e. The van der Waals surface area contributed by atoms with Gasteiger partial charge in [0.15, 0.2) is 6.61 Å². The van der Waals surface area contributed by atoms with Gasteiger partial charge in [0.05, 0.1) is 0 Å². The van der Waals surface area contributed by atoms with Crippen LogP contribution < -0.4 is 15.4 Å². The van der Waals surface area contributed by atoms with Crippen LogP contribution >= 0.6 is 15.9 Å². The van der Waals surface area contributed by atoms with Gasteiger partial charge in [0.25, 0.3) is 5.91 Å². The van der Waals surface area contributed by atoms with Crippen molar-refractivity contribution in [3.63, 3.8) is 0 Å². The van der Waals surface area contributed by atoms with Crippen molar-refractivity contribution >= 4 is 27.5 Å². The van der Waals surface area contributed by atoms with Crippen LogP contribution in [0.5, 0.6) is 5.75 Å². The first-order valence-electron chi connectivity index (χ1n) is 9.57. The zero-order chi connectivity index (χ0) is 20.6. The van der Waals surface area contributed by atoms with Gasteiger partial charge in [-0.15, -0.1) is 0 Å². The molecular weight excluding hydrogens is 428 g/mol. The Morgan fingerprint density at radius 2 is 1.76 bits per heavy atom. The molecule has 0 heterocycles. The van der Waals surface area contributed by atoms with E-state index >= 15 is 0 Å². The number of aryl methyl sites for hydroxylation is 1. The average Bonchev–Trinajstić information content (AvgIpc) is 2.73. The lowest BCUT2D eigenvalue weighted by Crippen LogP contribution is -2.22. The van der Waals surface area contributed by atoms with Crippen molar-refractivity contribution in [3.05, 3.63) is 94.0 Å². The maximum Gasteiger partial charge on any atom is 0.262 e. The van der Waals surface area contributed by atoms with Crippen LogP contribution in [0.3, 0.4) is 0 Å². The molecule has 0 aliphatic rings. The number of hydrogen-bond acceptors (Lipinski definition) is 3. The standard InChI is InChI=1S/C24H25BrN2O2/c1-17-8-11-22(12-9-17)27-24(28)16-29-23-13-10-21(25)14-20(23)15-26-18(2)19-6-4-3-5-7-19/h3-14,18,26H,15-16H2,1-2H3,(H,27,28)/t18-/m0/s1. The predicted molar refractivity (Wildman–Crippen MR) is 121 cm³/mol. The molecule has 1 amide bonds. The fourth-order valence-electron chi connectivity index (χ4n) is 2.93. The molecule has 3 rings (SSSR count). The first kappa shape index (κ1) is 21.1. The first-order valence-corrected chi connectivity index (χ1v) is 10.4. The Bertz CT molecular complexity index is 943. The van der Waals surface area contributed by atoms with Crippen LogP contribution in [0.25, 0.3) is 0 Å². The first-order chi connectivity index (χ1) is 14.0. The van der Waals surface area contributed by atoms with Crippen LogP contribution in [0.4, 0.5) is 5.69 Å². The molecule has 0 aliphatic carbocycles. The Morgan fingerprint density at radius 1 is 1.03 bits per heavy atom. The van der Waals surface area contributed by atoms with Crippen LogP contribution in [0, 0.1) is 6.92 Å². The Kier molecular flexibility index (Phi) is 7.44. The Hall–Kier alpha value is -2.63. The molecule has 3 aromatic carbocycles. The molecule has 4 nitrogen and oxygen atoms in total. The average molecular weight is 453 g/mol. The van der Waals surface area contributed by atoms with Crippen molar-refractivity contribution in [2.24, 2.45) is 0 Å². The minimum atomic E-state index is -0.187. The fourth-order valence-corrected chi connectivity index (χ4v) is 3.34. The molecule has 0 spiro atoms. The van der Waals surface area contributed by atoms with Gasteiger partial charge in [-0.2, -0.15) is 0 Å². The second kappa shape index (κ2) is 10.2. The minimum absolute atomic E-state index is 0.0449. The van der Waals surface area contributed by atoms with E-state index in [1.54, 1.807) is 0 Å². The molecule has 150 valence electrons. The largest absolute Gasteiger partial charge is 0.483 e. The number of ether oxygens (including phenoxy) is 1. The summed E-state index contributed by atoms with van der Waals surface area (Å²) < 4.78 is 6.79. The maximum absolute atomic E-state index is 12.2. The molecule has 2 N–H and O–H groups in total. The monoisotopic (exact) mass is 452 g/mol. The number of rotatable bonds is 8. The number of halogens is 1. The number of carbonyl (C=O) groups excluding carboxylic acids is 1. The molecule has 5 heteroatoms. The van der Waals surface area contributed by atoms with E-state index < -0.39 is 0 Å². The van der Waals surface area contributed by atoms with E-state index in [4.69, 9.17) is 4.74 Å². The Morgan fingerprint density at radius 3 is 2.48 bits per heavy atom. The highest BCUT2D eigenvalue weighted by atomic mass is 79.9. The molecule has 1 atom stereocenters. The fraction of sp³-hybridized carbons (Fsp3) is 0.208. The zero-order valence-corrected chi connectivity index (χ0v) is 18.2. The van der Waals surface area contributed by atoms with Gasteiger partial charge in [-0.25, -0.2) is 0 Å². The third kappa shape index (κ3) is 6.44. The summed E-state index contributed by atoms with van der Waals surface area (Å²) in [7, 11) is 0. The van der Waals surface area contributed by atoms with Crippen LogP contribution in [-0.2, 0) is 11.3 Å². The van der Waals surface area contributed by atoms with E-state index in [1.165, 1.54) is 5.56 Å². The molecule has 0 radical (unpaired) electrons. The lowest BCUT2D eigenvalue weighted by molar-refractivity contribution is -0.118. The summed E-state index contributed by atoms with van der Waals surface area (Å²) in [6.45, 7) is 4.72. The lowest BCUT2D eigenvalue weighted by Gasteiger charge is -2.17. The van der Waals surface area contributed by atoms with Crippen LogP contribution in [0.2, 0.25) is 0 Å². The SMILES string of the molecule is Cc1ccc(NC(=O)COc2ccc(Br)cc2CN[C@@H](C)c2ccccc2)cc1. The third-order valence-electron chi connectivity index (χ3n) is 4.61. The lowest BCUT2D eigenvalue weighted by atomic mass is 10.1. The van der Waals surface area contributed by atoms with Crippen molar-refractivity contribution in [2.45, 2.75) is 26.4 Å². The number of amides is 1. The van der Waals surface area contributed by atoms with Crippen molar-refractivity contribution < 1.29 is 9.53 Å². The number of nitrogens with one attached hydrogen (secondary N) is 2. The highest BCUT2D eigenvalue weighted by Crippen LogP contribution is 2.24. The predicted octanol–water partition coefficient (Wildman–Crippen LogP) is 5.63. The van der Waals surface area contributed by atoms with Gasteiger partial charge < -0.3 is 15.4 Å². The van der Waals surface area contributed by atoms with Crippen LogP contribution in [0.15, 0.2) is 77.3 Å². The second-order valence-corrected chi connectivity index (χ2v) is 7.88. The van der Waals surface area contributed by atoms with Crippen LogP contribution in [0.1, 0.15) is 29.7 Å². The molecule has 3 aromatic rings. The summed E-state index contributed by atoms with van der Waals surface area (Å²) in [5.41, 5.74) is 4.13. The van der Waals surface area contributed by atoms with E-state index in [0.29, 0.717) is 12.3 Å². The number of benzene rings is 3. The molecule has 0 saturated heterocycles. The van der Waals surface area contributed by atoms with E-state index in [9.17, 15) is 4.79 Å². The van der Waals surface area contributed by atoms with Gasteiger partial charge in [-0.05, 0) is 49.7 Å². The highest BCUT2D eigenvalue weighted by Gasteiger charge is 2.10. The molecular formula is C24H25BrN2O2. The summed E-state index contributed by atoms with van der Waals surface area (Å²) in [4.78, 5) is 12.2. The summed E-state index contributed by atoms with van der Waals surface area (Å²) in [5.74, 6) is 0.508. The van der Waals surface area contributed by atoms with Crippen LogP contribution in [-0.4, -0.2) is 12.5 Å². The third-order valence-corrected chi connectivity index (χ3v) is 5.11. The van der Waals surface area contributed by atoms with Gasteiger partial charge in [0.1, 0.15) is 5.75 Å². The topological polar surface area (TPSA) is 50.4 Å². The van der Waals surface area contributed by atoms with Gasteiger partial charge in [0.2, 0.25) is 0 Å².